The lowest BCUT2D eigenvalue weighted by Gasteiger charge is -2.12. The van der Waals surface area contributed by atoms with Crippen molar-refractivity contribution in [1.82, 2.24) is 15.8 Å². The quantitative estimate of drug-likeness (QED) is 0.454. The monoisotopic (exact) mass is 413 g/mol. The van der Waals surface area contributed by atoms with Gasteiger partial charge < -0.3 is 9.15 Å². The summed E-state index contributed by atoms with van der Waals surface area (Å²) in [6, 6.07) is 13.1. The first-order valence-electron chi connectivity index (χ1n) is 9.22. The van der Waals surface area contributed by atoms with E-state index in [1.807, 2.05) is 49.4 Å². The van der Waals surface area contributed by atoms with E-state index in [4.69, 9.17) is 9.15 Å². The first-order chi connectivity index (χ1) is 13.9. The van der Waals surface area contributed by atoms with E-state index < -0.39 is 5.91 Å². The van der Waals surface area contributed by atoms with E-state index in [2.05, 4.69) is 29.7 Å². The van der Waals surface area contributed by atoms with Crippen molar-refractivity contribution in [2.45, 2.75) is 31.9 Å². The molecule has 0 spiro atoms. The van der Waals surface area contributed by atoms with Crippen LogP contribution in [0.5, 0.6) is 5.75 Å². The van der Waals surface area contributed by atoms with E-state index in [0.717, 1.165) is 22.8 Å². The zero-order chi connectivity index (χ0) is 20.8. The number of hydrazine groups is 1. The SMILES string of the molecule is Cc1cc(OCC(=O)NNC(=O)CSc2nc3ccccc3o2)ccc1C(C)C. The Morgan fingerprint density at radius 1 is 1.14 bits per heavy atom. The largest absolute Gasteiger partial charge is 0.484 e. The molecule has 0 aliphatic rings. The highest BCUT2D eigenvalue weighted by molar-refractivity contribution is 7.99. The van der Waals surface area contributed by atoms with Gasteiger partial charge in [0.05, 0.1) is 5.75 Å². The number of para-hydroxylation sites is 2. The Labute approximate surface area is 173 Å². The van der Waals surface area contributed by atoms with Gasteiger partial charge in [-0.1, -0.05) is 43.8 Å². The zero-order valence-corrected chi connectivity index (χ0v) is 17.3. The number of nitrogens with zero attached hydrogens (tertiary/aromatic N) is 1. The molecule has 2 N–H and O–H groups in total. The van der Waals surface area contributed by atoms with Crippen LogP contribution in [0, 0.1) is 6.92 Å². The van der Waals surface area contributed by atoms with Gasteiger partial charge in [-0.15, -0.1) is 0 Å². The summed E-state index contributed by atoms with van der Waals surface area (Å²) in [5, 5.41) is 0.399. The van der Waals surface area contributed by atoms with Crippen molar-refractivity contribution in [3.05, 3.63) is 53.6 Å². The smallest absolute Gasteiger partial charge is 0.276 e. The molecule has 7 nitrogen and oxygen atoms in total. The summed E-state index contributed by atoms with van der Waals surface area (Å²) in [6.45, 7) is 6.07. The molecule has 2 amide bonds. The van der Waals surface area contributed by atoms with Crippen LogP contribution in [0.1, 0.15) is 30.9 Å². The van der Waals surface area contributed by atoms with Gasteiger partial charge in [-0.05, 0) is 48.2 Å². The Morgan fingerprint density at radius 3 is 2.62 bits per heavy atom. The molecule has 3 aromatic rings. The van der Waals surface area contributed by atoms with Gasteiger partial charge in [0, 0.05) is 0 Å². The van der Waals surface area contributed by atoms with Crippen LogP contribution in [-0.4, -0.2) is 29.2 Å². The summed E-state index contributed by atoms with van der Waals surface area (Å²) in [5.74, 6) is 0.276. The number of benzene rings is 2. The maximum atomic E-state index is 11.9. The number of carbonyl (C=O) groups is 2. The highest BCUT2D eigenvalue weighted by Gasteiger charge is 2.11. The van der Waals surface area contributed by atoms with Crippen molar-refractivity contribution in [3.63, 3.8) is 0 Å². The van der Waals surface area contributed by atoms with Crippen molar-refractivity contribution in [3.8, 4) is 5.75 Å². The molecule has 0 saturated heterocycles. The van der Waals surface area contributed by atoms with Gasteiger partial charge in [-0.25, -0.2) is 4.98 Å². The zero-order valence-electron chi connectivity index (χ0n) is 16.5. The summed E-state index contributed by atoms with van der Waals surface area (Å²) in [4.78, 5) is 28.1. The molecule has 0 atom stereocenters. The number of hydrogen-bond acceptors (Lipinski definition) is 6. The fraction of sp³-hybridized carbons (Fsp3) is 0.286. The van der Waals surface area contributed by atoms with Crippen LogP contribution in [0.2, 0.25) is 0 Å². The highest BCUT2D eigenvalue weighted by Crippen LogP contribution is 2.24. The molecule has 152 valence electrons. The molecule has 0 fully saturated rings. The molecule has 0 aliphatic carbocycles. The number of fused-ring (bicyclic) bond motifs is 1. The average Bonchev–Trinajstić information content (AvgIpc) is 3.12. The lowest BCUT2D eigenvalue weighted by Crippen LogP contribution is -2.44. The lowest BCUT2D eigenvalue weighted by atomic mass is 9.98. The van der Waals surface area contributed by atoms with Crippen LogP contribution in [0.3, 0.4) is 0 Å². The number of nitrogens with one attached hydrogen (secondary N) is 2. The number of ether oxygens (including phenoxy) is 1. The molecular formula is C21H23N3O4S. The first kappa shape index (κ1) is 20.7. The second-order valence-corrected chi connectivity index (χ2v) is 7.72. The van der Waals surface area contributed by atoms with Crippen LogP contribution in [-0.2, 0) is 9.59 Å². The summed E-state index contributed by atoms with van der Waals surface area (Å²) < 4.78 is 11.0. The van der Waals surface area contributed by atoms with E-state index in [0.29, 0.717) is 22.5 Å². The van der Waals surface area contributed by atoms with Gasteiger partial charge in [-0.3, -0.25) is 20.4 Å². The third-order valence-electron chi connectivity index (χ3n) is 4.18. The number of thioether (sulfide) groups is 1. The normalized spacial score (nSPS) is 10.9. The predicted octanol–water partition coefficient (Wildman–Crippen LogP) is 3.58. The minimum absolute atomic E-state index is 0.0593. The fourth-order valence-electron chi connectivity index (χ4n) is 2.79. The predicted molar refractivity (Wildman–Crippen MR) is 112 cm³/mol. The summed E-state index contributed by atoms with van der Waals surface area (Å²) in [5.41, 5.74) is 8.43. The number of amides is 2. The number of aromatic nitrogens is 1. The fourth-order valence-corrected chi connectivity index (χ4v) is 3.42. The van der Waals surface area contributed by atoms with Gasteiger partial charge in [0.1, 0.15) is 11.3 Å². The van der Waals surface area contributed by atoms with Crippen LogP contribution < -0.4 is 15.6 Å². The number of hydrogen-bond donors (Lipinski definition) is 2. The number of aryl methyl sites for hydroxylation is 1. The number of carbonyl (C=O) groups excluding carboxylic acids is 2. The second kappa shape index (κ2) is 9.47. The average molecular weight is 413 g/mol. The molecule has 1 heterocycles. The van der Waals surface area contributed by atoms with Crippen LogP contribution in [0.4, 0.5) is 0 Å². The van der Waals surface area contributed by atoms with Gasteiger partial charge in [0.2, 0.25) is 5.91 Å². The summed E-state index contributed by atoms with van der Waals surface area (Å²) in [6.07, 6.45) is 0. The van der Waals surface area contributed by atoms with Crippen molar-refractivity contribution >= 4 is 34.7 Å². The van der Waals surface area contributed by atoms with Gasteiger partial charge in [-0.2, -0.15) is 0 Å². The number of oxazole rings is 1. The molecule has 29 heavy (non-hydrogen) atoms. The number of rotatable bonds is 7. The van der Waals surface area contributed by atoms with Gasteiger partial charge in [0.15, 0.2) is 12.2 Å². The van der Waals surface area contributed by atoms with Crippen LogP contribution in [0.25, 0.3) is 11.1 Å². The molecule has 3 rings (SSSR count). The molecule has 2 aromatic carbocycles. The summed E-state index contributed by atoms with van der Waals surface area (Å²) in [7, 11) is 0. The molecule has 0 unspecified atom stereocenters. The molecule has 1 aromatic heterocycles. The minimum Gasteiger partial charge on any atom is -0.484 e. The Balaban J connectivity index is 1.39. The molecular weight excluding hydrogens is 390 g/mol. The molecule has 8 heteroatoms. The van der Waals surface area contributed by atoms with E-state index in [-0.39, 0.29) is 18.3 Å². The van der Waals surface area contributed by atoms with Crippen molar-refractivity contribution < 1.29 is 18.7 Å². The minimum atomic E-state index is -0.448. The Bertz CT molecular complexity index is 983. The van der Waals surface area contributed by atoms with E-state index in [1.54, 1.807) is 0 Å². The third-order valence-corrected chi connectivity index (χ3v) is 5.00. The maximum absolute atomic E-state index is 11.9. The summed E-state index contributed by atoms with van der Waals surface area (Å²) >= 11 is 1.15. The Kier molecular flexibility index (Phi) is 6.77. The standard InChI is InChI=1S/C21H23N3O4S/c1-13(2)16-9-8-15(10-14(16)3)27-11-19(25)23-24-20(26)12-29-21-22-17-6-4-5-7-18(17)28-21/h4-10,13H,11-12H2,1-3H3,(H,23,25)(H,24,26). The Hall–Kier alpha value is -3.00. The van der Waals surface area contributed by atoms with Crippen LogP contribution >= 0.6 is 11.8 Å². The van der Waals surface area contributed by atoms with Gasteiger partial charge in [0.25, 0.3) is 11.1 Å². The van der Waals surface area contributed by atoms with E-state index in [1.165, 1.54) is 5.56 Å². The van der Waals surface area contributed by atoms with E-state index in [9.17, 15) is 9.59 Å². The van der Waals surface area contributed by atoms with Crippen molar-refractivity contribution in [2.75, 3.05) is 12.4 Å². The third kappa shape index (κ3) is 5.74. The second-order valence-electron chi connectivity index (χ2n) is 6.79. The molecule has 0 radical (unpaired) electrons. The van der Waals surface area contributed by atoms with Crippen LogP contribution in [0.15, 0.2) is 52.1 Å². The van der Waals surface area contributed by atoms with Crippen molar-refractivity contribution in [2.24, 2.45) is 0 Å². The van der Waals surface area contributed by atoms with Crippen molar-refractivity contribution in [1.29, 1.82) is 0 Å². The molecule has 0 bridgehead atoms. The molecule has 0 aliphatic heterocycles. The topological polar surface area (TPSA) is 93.5 Å². The van der Waals surface area contributed by atoms with E-state index >= 15 is 0 Å². The Morgan fingerprint density at radius 2 is 1.90 bits per heavy atom. The highest BCUT2D eigenvalue weighted by atomic mass is 32.2. The van der Waals surface area contributed by atoms with Gasteiger partial charge >= 0.3 is 0 Å². The molecule has 0 saturated carbocycles. The lowest BCUT2D eigenvalue weighted by molar-refractivity contribution is -0.128. The first-order valence-corrected chi connectivity index (χ1v) is 10.2. The maximum Gasteiger partial charge on any atom is 0.276 e.